The number of hydrogen-bond acceptors (Lipinski definition) is 4. The van der Waals surface area contributed by atoms with E-state index in [1.165, 1.54) is 0 Å². The Bertz CT molecular complexity index is 331. The van der Waals surface area contributed by atoms with Crippen molar-refractivity contribution in [2.45, 2.75) is 31.3 Å². The summed E-state index contributed by atoms with van der Waals surface area (Å²) in [5.41, 5.74) is 1.11. The zero-order valence-corrected chi connectivity index (χ0v) is 9.75. The molecule has 0 aromatic heterocycles. The van der Waals surface area contributed by atoms with Gasteiger partial charge in [-0.1, -0.05) is 30.3 Å². The first-order chi connectivity index (χ1) is 8.27. The van der Waals surface area contributed by atoms with Crippen molar-refractivity contribution in [1.82, 2.24) is 5.32 Å². The summed E-state index contributed by atoms with van der Waals surface area (Å²) in [5, 5.41) is 22.4. The van der Waals surface area contributed by atoms with Crippen LogP contribution >= 0.6 is 0 Å². The zero-order chi connectivity index (χ0) is 12.1. The van der Waals surface area contributed by atoms with Crippen molar-refractivity contribution in [1.29, 1.82) is 0 Å². The van der Waals surface area contributed by atoms with Crippen LogP contribution < -0.4 is 5.32 Å². The van der Waals surface area contributed by atoms with Gasteiger partial charge in [0.1, 0.15) is 0 Å². The minimum atomic E-state index is -0.737. The molecule has 0 aliphatic carbocycles. The van der Waals surface area contributed by atoms with Gasteiger partial charge in [0.05, 0.1) is 31.5 Å². The van der Waals surface area contributed by atoms with Crippen LogP contribution in [0.25, 0.3) is 0 Å². The smallest absolute Gasteiger partial charge is 0.0974 e. The first-order valence-electron chi connectivity index (χ1n) is 5.98. The van der Waals surface area contributed by atoms with Gasteiger partial charge in [0.15, 0.2) is 0 Å². The van der Waals surface area contributed by atoms with E-state index in [2.05, 4.69) is 5.32 Å². The fourth-order valence-electron chi connectivity index (χ4n) is 2.01. The Labute approximate surface area is 101 Å². The van der Waals surface area contributed by atoms with Gasteiger partial charge in [-0.25, -0.2) is 0 Å². The largest absolute Gasteiger partial charge is 0.390 e. The van der Waals surface area contributed by atoms with E-state index in [1.54, 1.807) is 0 Å². The van der Waals surface area contributed by atoms with E-state index in [0.717, 1.165) is 12.1 Å². The lowest BCUT2D eigenvalue weighted by molar-refractivity contribution is -0.0501. The molecular formula is C13H19NO3. The summed E-state index contributed by atoms with van der Waals surface area (Å²) in [5.74, 6) is 0. The molecule has 1 heterocycles. The number of aliphatic hydroxyl groups is 2. The SMILES string of the molecule is O[C@H]1[C@H](O)CCN[C@@H]1COCc1ccccc1. The summed E-state index contributed by atoms with van der Waals surface area (Å²) >= 11 is 0. The van der Waals surface area contributed by atoms with Crippen LogP contribution in [-0.2, 0) is 11.3 Å². The van der Waals surface area contributed by atoms with Crippen LogP contribution in [0.2, 0.25) is 0 Å². The number of aliphatic hydroxyl groups excluding tert-OH is 2. The van der Waals surface area contributed by atoms with Gasteiger partial charge >= 0.3 is 0 Å². The van der Waals surface area contributed by atoms with Gasteiger partial charge in [-0.15, -0.1) is 0 Å². The molecule has 1 fully saturated rings. The van der Waals surface area contributed by atoms with E-state index in [9.17, 15) is 10.2 Å². The summed E-state index contributed by atoms with van der Waals surface area (Å²) in [6.45, 7) is 1.66. The second-order valence-electron chi connectivity index (χ2n) is 4.41. The van der Waals surface area contributed by atoms with Crippen LogP contribution in [0.4, 0.5) is 0 Å². The molecule has 0 amide bonds. The summed E-state index contributed by atoms with van der Waals surface area (Å²) in [6.07, 6.45) is -0.780. The Hall–Kier alpha value is -0.940. The van der Waals surface area contributed by atoms with Crippen LogP contribution in [0.3, 0.4) is 0 Å². The predicted molar refractivity (Wildman–Crippen MR) is 64.5 cm³/mol. The molecule has 1 aromatic carbocycles. The van der Waals surface area contributed by atoms with Crippen molar-refractivity contribution in [2.75, 3.05) is 13.2 Å². The first-order valence-corrected chi connectivity index (χ1v) is 5.98. The number of ether oxygens (including phenoxy) is 1. The number of benzene rings is 1. The molecule has 0 unspecified atom stereocenters. The van der Waals surface area contributed by atoms with Crippen LogP contribution in [0.15, 0.2) is 30.3 Å². The fourth-order valence-corrected chi connectivity index (χ4v) is 2.01. The van der Waals surface area contributed by atoms with Gasteiger partial charge in [-0.2, -0.15) is 0 Å². The van der Waals surface area contributed by atoms with Crippen LogP contribution in [-0.4, -0.2) is 41.6 Å². The highest BCUT2D eigenvalue weighted by Gasteiger charge is 2.29. The van der Waals surface area contributed by atoms with Crippen molar-refractivity contribution in [3.05, 3.63) is 35.9 Å². The van der Waals surface area contributed by atoms with E-state index in [4.69, 9.17) is 4.74 Å². The van der Waals surface area contributed by atoms with Gasteiger partial charge in [0.25, 0.3) is 0 Å². The van der Waals surface area contributed by atoms with Crippen molar-refractivity contribution in [3.8, 4) is 0 Å². The van der Waals surface area contributed by atoms with E-state index in [0.29, 0.717) is 19.6 Å². The zero-order valence-electron chi connectivity index (χ0n) is 9.75. The van der Waals surface area contributed by atoms with Crippen LogP contribution in [0.1, 0.15) is 12.0 Å². The first kappa shape index (κ1) is 12.5. The highest BCUT2D eigenvalue weighted by molar-refractivity contribution is 5.13. The Morgan fingerprint density at radius 1 is 1.24 bits per heavy atom. The third-order valence-corrected chi connectivity index (χ3v) is 3.06. The molecule has 0 radical (unpaired) electrons. The Morgan fingerprint density at radius 3 is 2.76 bits per heavy atom. The molecule has 1 saturated heterocycles. The third-order valence-electron chi connectivity index (χ3n) is 3.06. The highest BCUT2D eigenvalue weighted by Crippen LogP contribution is 2.10. The number of rotatable bonds is 4. The van der Waals surface area contributed by atoms with E-state index in [-0.39, 0.29) is 6.04 Å². The van der Waals surface area contributed by atoms with Crippen molar-refractivity contribution < 1.29 is 14.9 Å². The molecule has 17 heavy (non-hydrogen) atoms. The lowest BCUT2D eigenvalue weighted by Crippen LogP contribution is -2.54. The normalized spacial score (nSPS) is 29.2. The molecule has 1 aliphatic heterocycles. The molecular weight excluding hydrogens is 218 g/mol. The van der Waals surface area contributed by atoms with Crippen LogP contribution in [0, 0.1) is 0 Å². The molecule has 3 N–H and O–H groups in total. The monoisotopic (exact) mass is 237 g/mol. The lowest BCUT2D eigenvalue weighted by Gasteiger charge is -2.32. The maximum absolute atomic E-state index is 9.74. The summed E-state index contributed by atoms with van der Waals surface area (Å²) < 4.78 is 5.54. The molecule has 3 atom stereocenters. The molecule has 0 spiro atoms. The molecule has 1 aromatic rings. The third kappa shape index (κ3) is 3.51. The quantitative estimate of drug-likeness (QED) is 0.704. The Kier molecular flexibility index (Phi) is 4.50. The topological polar surface area (TPSA) is 61.7 Å². The maximum atomic E-state index is 9.74. The number of hydrogen-bond donors (Lipinski definition) is 3. The summed E-state index contributed by atoms with van der Waals surface area (Å²) in [6, 6.07) is 9.72. The van der Waals surface area contributed by atoms with Crippen molar-refractivity contribution >= 4 is 0 Å². The molecule has 4 heteroatoms. The second kappa shape index (κ2) is 6.12. The maximum Gasteiger partial charge on any atom is 0.0974 e. The van der Waals surface area contributed by atoms with Gasteiger partial charge in [0, 0.05) is 0 Å². The average Bonchev–Trinajstić information content (AvgIpc) is 2.36. The number of nitrogens with one attached hydrogen (secondary N) is 1. The standard InChI is InChI=1S/C13H19NO3/c15-12-6-7-14-11(13(12)16)9-17-8-10-4-2-1-3-5-10/h1-5,11-16H,6-9H2/t11-,12-,13-/m1/s1. The molecule has 1 aliphatic rings. The van der Waals surface area contributed by atoms with Crippen molar-refractivity contribution in [2.24, 2.45) is 0 Å². The minimum Gasteiger partial charge on any atom is -0.390 e. The van der Waals surface area contributed by atoms with Gasteiger partial charge < -0.3 is 20.3 Å². The molecule has 2 rings (SSSR count). The van der Waals surface area contributed by atoms with E-state index in [1.807, 2.05) is 30.3 Å². The lowest BCUT2D eigenvalue weighted by atomic mass is 9.99. The second-order valence-corrected chi connectivity index (χ2v) is 4.41. The number of piperidine rings is 1. The highest BCUT2D eigenvalue weighted by atomic mass is 16.5. The van der Waals surface area contributed by atoms with Crippen LogP contribution in [0.5, 0.6) is 0 Å². The Balaban J connectivity index is 1.75. The predicted octanol–water partition coefficient (Wildman–Crippen LogP) is 0.287. The molecule has 4 nitrogen and oxygen atoms in total. The minimum absolute atomic E-state index is 0.178. The fraction of sp³-hybridized carbons (Fsp3) is 0.538. The molecule has 0 bridgehead atoms. The van der Waals surface area contributed by atoms with E-state index < -0.39 is 12.2 Å². The van der Waals surface area contributed by atoms with Gasteiger partial charge in [-0.05, 0) is 18.5 Å². The van der Waals surface area contributed by atoms with Gasteiger partial charge in [-0.3, -0.25) is 0 Å². The summed E-state index contributed by atoms with van der Waals surface area (Å²) in [7, 11) is 0. The summed E-state index contributed by atoms with van der Waals surface area (Å²) in [4.78, 5) is 0. The van der Waals surface area contributed by atoms with Crippen molar-refractivity contribution in [3.63, 3.8) is 0 Å². The average molecular weight is 237 g/mol. The van der Waals surface area contributed by atoms with E-state index >= 15 is 0 Å². The molecule has 94 valence electrons. The molecule has 0 saturated carbocycles. The Morgan fingerprint density at radius 2 is 2.00 bits per heavy atom. The van der Waals surface area contributed by atoms with Gasteiger partial charge in [0.2, 0.25) is 0 Å².